The molecule has 0 aliphatic carbocycles. The second-order valence-corrected chi connectivity index (χ2v) is 7.62. The molecule has 0 saturated carbocycles. The highest BCUT2D eigenvalue weighted by molar-refractivity contribution is 6.01. The van der Waals surface area contributed by atoms with E-state index in [1.54, 1.807) is 6.07 Å². The van der Waals surface area contributed by atoms with E-state index in [-0.39, 0.29) is 30.4 Å². The molecule has 1 amide bonds. The van der Waals surface area contributed by atoms with Crippen molar-refractivity contribution in [2.75, 3.05) is 25.0 Å². The second kappa shape index (κ2) is 8.65. The molecule has 0 aromatic heterocycles. The molecule has 3 N–H and O–H groups in total. The number of aryl methyl sites for hydroxylation is 1. The van der Waals surface area contributed by atoms with E-state index in [9.17, 15) is 23.1 Å². The van der Waals surface area contributed by atoms with Gasteiger partial charge in [-0.25, -0.2) is 13.2 Å². The third-order valence-electron chi connectivity index (χ3n) is 5.56. The van der Waals surface area contributed by atoms with Gasteiger partial charge in [0.15, 0.2) is 11.6 Å². The summed E-state index contributed by atoms with van der Waals surface area (Å²) in [4.78, 5) is 14.3. The molecule has 5 nitrogen and oxygen atoms in total. The number of hydrogen-bond acceptors (Lipinski definition) is 4. The number of aliphatic hydroxyl groups is 1. The van der Waals surface area contributed by atoms with Crippen LogP contribution in [-0.2, 0) is 6.42 Å². The quantitative estimate of drug-likeness (QED) is 0.639. The predicted molar refractivity (Wildman–Crippen MR) is 109 cm³/mol. The molecule has 1 atom stereocenters. The number of nitrogens with one attached hydrogen (secondary N) is 2. The van der Waals surface area contributed by atoms with Gasteiger partial charge in [-0.2, -0.15) is 0 Å². The Labute approximate surface area is 173 Å². The van der Waals surface area contributed by atoms with Crippen molar-refractivity contribution in [3.05, 3.63) is 58.9 Å². The van der Waals surface area contributed by atoms with Crippen LogP contribution in [-0.4, -0.2) is 47.2 Å². The van der Waals surface area contributed by atoms with Gasteiger partial charge in [-0.15, -0.1) is 0 Å². The molecule has 0 radical (unpaired) electrons. The zero-order chi connectivity index (χ0) is 22.1. The van der Waals surface area contributed by atoms with Crippen LogP contribution in [0.4, 0.5) is 24.5 Å². The maximum Gasteiger partial charge on any atom is 0.256 e. The number of β-amino-alcohol motifs (C(OH)–C–C–N with tert-alkyl or cyclic N) is 1. The molecule has 1 aliphatic rings. The molecule has 0 spiro atoms. The Balaban J connectivity index is 1.86. The smallest absolute Gasteiger partial charge is 0.256 e. The lowest BCUT2D eigenvalue weighted by atomic mass is 9.86. The van der Waals surface area contributed by atoms with Crippen LogP contribution in [0.2, 0.25) is 0 Å². The van der Waals surface area contributed by atoms with Crippen LogP contribution >= 0.6 is 0 Å². The van der Waals surface area contributed by atoms with E-state index >= 15 is 0 Å². The Bertz CT molecular complexity index is 945. The lowest BCUT2D eigenvalue weighted by Gasteiger charge is -2.50. The molecule has 2 aromatic carbocycles. The van der Waals surface area contributed by atoms with Gasteiger partial charge in [-0.05, 0) is 49.7 Å². The monoisotopic (exact) mass is 421 g/mol. The lowest BCUT2D eigenvalue weighted by molar-refractivity contribution is -0.1000. The minimum absolute atomic E-state index is 0.0536. The summed E-state index contributed by atoms with van der Waals surface area (Å²) in [5, 5.41) is 16.3. The summed E-state index contributed by atoms with van der Waals surface area (Å²) in [6, 6.07) is 6.18. The number of likely N-dealkylation sites (N-methyl/N-ethyl adjacent to an activating group) is 1. The Hall–Kier alpha value is -2.58. The molecule has 1 fully saturated rings. The van der Waals surface area contributed by atoms with E-state index in [1.807, 2.05) is 20.8 Å². The van der Waals surface area contributed by atoms with Gasteiger partial charge in [0, 0.05) is 6.04 Å². The number of halogens is 3. The van der Waals surface area contributed by atoms with Crippen molar-refractivity contribution in [1.29, 1.82) is 0 Å². The molecule has 2 aromatic rings. The van der Waals surface area contributed by atoms with Crippen molar-refractivity contribution >= 4 is 17.3 Å². The number of hydrogen-bond donors (Lipinski definition) is 3. The van der Waals surface area contributed by atoms with Gasteiger partial charge >= 0.3 is 0 Å². The van der Waals surface area contributed by atoms with Crippen molar-refractivity contribution in [2.45, 2.75) is 38.8 Å². The largest absolute Gasteiger partial charge is 0.385 e. The Kier molecular flexibility index (Phi) is 6.38. The topological polar surface area (TPSA) is 64.6 Å². The molecule has 1 saturated heterocycles. The van der Waals surface area contributed by atoms with Crippen molar-refractivity contribution in [1.82, 2.24) is 10.2 Å². The number of likely N-dealkylation sites (tertiary alicyclic amines) is 1. The molecule has 0 bridgehead atoms. The van der Waals surface area contributed by atoms with Crippen molar-refractivity contribution in [3.63, 3.8) is 0 Å². The number of amides is 1. The van der Waals surface area contributed by atoms with E-state index in [0.29, 0.717) is 13.0 Å². The first-order chi connectivity index (χ1) is 14.2. The summed E-state index contributed by atoms with van der Waals surface area (Å²) in [7, 11) is 0. The van der Waals surface area contributed by atoms with Crippen LogP contribution in [0.1, 0.15) is 36.7 Å². The number of carbonyl (C=O) groups excluding carboxylic acids is 1. The van der Waals surface area contributed by atoms with Crippen LogP contribution in [0.3, 0.4) is 0 Å². The van der Waals surface area contributed by atoms with Gasteiger partial charge in [0.1, 0.15) is 11.4 Å². The highest BCUT2D eigenvalue weighted by Gasteiger charge is 2.47. The number of anilines is 2. The maximum absolute atomic E-state index is 14.6. The Morgan fingerprint density at radius 1 is 1.17 bits per heavy atom. The van der Waals surface area contributed by atoms with Gasteiger partial charge < -0.3 is 20.6 Å². The molecular weight excluding hydrogens is 395 g/mol. The number of nitrogens with zero attached hydrogens (tertiary/aromatic N) is 1. The Morgan fingerprint density at radius 2 is 1.87 bits per heavy atom. The Morgan fingerprint density at radius 3 is 2.47 bits per heavy atom. The highest BCUT2D eigenvalue weighted by Crippen LogP contribution is 2.32. The molecule has 1 aliphatic heterocycles. The summed E-state index contributed by atoms with van der Waals surface area (Å²) >= 11 is 0. The molecular formula is C22H26F3N3O2. The highest BCUT2D eigenvalue weighted by atomic mass is 19.2. The first-order valence-corrected chi connectivity index (χ1v) is 9.98. The van der Waals surface area contributed by atoms with Gasteiger partial charge in [0.25, 0.3) is 5.91 Å². The summed E-state index contributed by atoms with van der Waals surface area (Å²) in [6.07, 6.45) is 0.623. The molecule has 30 heavy (non-hydrogen) atoms. The molecule has 8 heteroatoms. The summed E-state index contributed by atoms with van der Waals surface area (Å²) in [5.41, 5.74) is -0.973. The average Bonchev–Trinajstić information content (AvgIpc) is 2.70. The maximum atomic E-state index is 14.6. The number of carbonyl (C=O) groups is 1. The van der Waals surface area contributed by atoms with E-state index in [1.165, 1.54) is 17.0 Å². The SMILES string of the molecule is CCNC(C)C1(O)CN(C(=O)c2ccc(F)c(F)c2Nc2ccc(CC)cc2F)C1. The first kappa shape index (κ1) is 22.1. The van der Waals surface area contributed by atoms with Crippen LogP contribution < -0.4 is 10.6 Å². The van der Waals surface area contributed by atoms with Gasteiger partial charge in [0.2, 0.25) is 0 Å². The zero-order valence-electron chi connectivity index (χ0n) is 17.2. The summed E-state index contributed by atoms with van der Waals surface area (Å²) in [5.74, 6) is -3.62. The van der Waals surface area contributed by atoms with E-state index in [0.717, 1.165) is 17.7 Å². The minimum atomic E-state index is -1.27. The first-order valence-electron chi connectivity index (χ1n) is 9.98. The summed E-state index contributed by atoms with van der Waals surface area (Å²) < 4.78 is 42.8. The van der Waals surface area contributed by atoms with Crippen LogP contribution in [0, 0.1) is 17.5 Å². The van der Waals surface area contributed by atoms with Crippen molar-refractivity contribution in [3.8, 4) is 0 Å². The minimum Gasteiger partial charge on any atom is -0.385 e. The molecule has 1 heterocycles. The van der Waals surface area contributed by atoms with E-state index in [4.69, 9.17) is 0 Å². The van der Waals surface area contributed by atoms with Crippen LogP contribution in [0.15, 0.2) is 30.3 Å². The van der Waals surface area contributed by atoms with Gasteiger partial charge in [-0.3, -0.25) is 4.79 Å². The predicted octanol–water partition coefficient (Wildman–Crippen LogP) is 3.59. The third kappa shape index (κ3) is 4.15. The number of benzene rings is 2. The van der Waals surface area contributed by atoms with E-state index < -0.39 is 34.6 Å². The fraction of sp³-hybridized carbons (Fsp3) is 0.409. The lowest BCUT2D eigenvalue weighted by Crippen LogP contribution is -2.70. The summed E-state index contributed by atoms with van der Waals surface area (Å²) in [6.45, 7) is 6.37. The second-order valence-electron chi connectivity index (χ2n) is 7.62. The van der Waals surface area contributed by atoms with Gasteiger partial charge in [-0.1, -0.05) is 19.9 Å². The zero-order valence-corrected chi connectivity index (χ0v) is 17.2. The normalized spacial score (nSPS) is 16.2. The van der Waals surface area contributed by atoms with Gasteiger partial charge in [0.05, 0.1) is 30.0 Å². The van der Waals surface area contributed by atoms with E-state index in [2.05, 4.69) is 10.6 Å². The third-order valence-corrected chi connectivity index (χ3v) is 5.56. The molecule has 1 unspecified atom stereocenters. The van der Waals surface area contributed by atoms with Crippen LogP contribution in [0.5, 0.6) is 0 Å². The molecule has 3 rings (SSSR count). The molecule has 162 valence electrons. The standard InChI is InChI=1S/C22H26F3N3O2/c1-4-14-6-9-18(17(24)10-14)27-20-15(7-8-16(23)19(20)25)21(29)28-11-22(30,12-28)13(3)26-5-2/h6-10,13,26-27,30H,4-5,11-12H2,1-3H3. The van der Waals surface area contributed by atoms with Crippen LogP contribution in [0.25, 0.3) is 0 Å². The average molecular weight is 421 g/mol. The fourth-order valence-electron chi connectivity index (χ4n) is 3.56. The van der Waals surface area contributed by atoms with Crippen molar-refractivity contribution < 1.29 is 23.1 Å². The fourth-order valence-corrected chi connectivity index (χ4v) is 3.56. The van der Waals surface area contributed by atoms with Crippen molar-refractivity contribution in [2.24, 2.45) is 0 Å². The number of rotatable bonds is 7.